The summed E-state index contributed by atoms with van der Waals surface area (Å²) >= 11 is 0. The first-order chi connectivity index (χ1) is 9.10. The molecule has 108 valence electrons. The van der Waals surface area contributed by atoms with Crippen molar-refractivity contribution in [3.8, 4) is 0 Å². The fraction of sp³-hybridized carbons (Fsp3) is 0.667. The van der Waals surface area contributed by atoms with Gasteiger partial charge in [-0.2, -0.15) is 0 Å². The minimum Gasteiger partial charge on any atom is -0.308 e. The van der Waals surface area contributed by atoms with E-state index in [1.54, 1.807) is 0 Å². The molecule has 0 spiro atoms. The lowest BCUT2D eigenvalue weighted by molar-refractivity contribution is 0.157. The molecule has 0 saturated heterocycles. The average molecular weight is 264 g/mol. The summed E-state index contributed by atoms with van der Waals surface area (Å²) in [5, 5.41) is 0. The van der Waals surface area contributed by atoms with Gasteiger partial charge in [-0.25, -0.2) is 10.8 Å². The first kappa shape index (κ1) is 15.9. The van der Waals surface area contributed by atoms with Crippen molar-refractivity contribution in [2.24, 2.45) is 11.8 Å². The van der Waals surface area contributed by atoms with E-state index in [0.717, 1.165) is 18.9 Å². The van der Waals surface area contributed by atoms with Crippen molar-refractivity contribution >= 4 is 5.82 Å². The fourth-order valence-electron chi connectivity index (χ4n) is 2.50. The molecule has 0 bridgehead atoms. The second-order valence-corrected chi connectivity index (χ2v) is 5.49. The molecule has 0 saturated carbocycles. The van der Waals surface area contributed by atoms with Crippen LogP contribution >= 0.6 is 0 Å². The van der Waals surface area contributed by atoms with Gasteiger partial charge in [0.1, 0.15) is 5.82 Å². The second-order valence-electron chi connectivity index (χ2n) is 5.49. The standard InChI is InChI=1S/C15H28N4/c1-5-14(6-2)19(10-12(3)4)11-13-7-8-17-15(9-13)18-16/h7-9,12,14H,5-6,10-11,16H2,1-4H3,(H,17,18). The van der Waals surface area contributed by atoms with Gasteiger partial charge in [0, 0.05) is 25.3 Å². The van der Waals surface area contributed by atoms with Crippen molar-refractivity contribution in [3.63, 3.8) is 0 Å². The number of nitrogens with two attached hydrogens (primary N) is 1. The lowest BCUT2D eigenvalue weighted by Gasteiger charge is -2.32. The molecule has 4 nitrogen and oxygen atoms in total. The van der Waals surface area contributed by atoms with E-state index in [-0.39, 0.29) is 0 Å². The van der Waals surface area contributed by atoms with Crippen LogP contribution in [0.2, 0.25) is 0 Å². The van der Waals surface area contributed by atoms with Crippen LogP contribution in [0.25, 0.3) is 0 Å². The number of pyridine rings is 1. The van der Waals surface area contributed by atoms with Gasteiger partial charge in [0.2, 0.25) is 0 Å². The number of nitrogen functional groups attached to an aromatic ring is 1. The number of hydrogen-bond acceptors (Lipinski definition) is 4. The van der Waals surface area contributed by atoms with Crippen molar-refractivity contribution in [3.05, 3.63) is 23.9 Å². The molecule has 1 heterocycles. The Morgan fingerprint density at radius 3 is 2.53 bits per heavy atom. The van der Waals surface area contributed by atoms with E-state index in [1.165, 1.54) is 18.4 Å². The summed E-state index contributed by atoms with van der Waals surface area (Å²) in [6, 6.07) is 4.73. The Balaban J connectivity index is 2.80. The fourth-order valence-corrected chi connectivity index (χ4v) is 2.50. The zero-order chi connectivity index (χ0) is 14.3. The minimum atomic E-state index is 0.643. The highest BCUT2D eigenvalue weighted by atomic mass is 15.2. The van der Waals surface area contributed by atoms with Gasteiger partial charge in [-0.05, 0) is 36.5 Å². The summed E-state index contributed by atoms with van der Waals surface area (Å²) < 4.78 is 0. The van der Waals surface area contributed by atoms with Crippen LogP contribution in [0.15, 0.2) is 18.3 Å². The molecule has 0 fully saturated rings. The van der Waals surface area contributed by atoms with Crippen LogP contribution in [0.3, 0.4) is 0 Å². The zero-order valence-electron chi connectivity index (χ0n) is 12.7. The van der Waals surface area contributed by atoms with Gasteiger partial charge in [0.25, 0.3) is 0 Å². The Kier molecular flexibility index (Phi) is 6.81. The molecular formula is C15H28N4. The van der Waals surface area contributed by atoms with Crippen LogP contribution in [0.5, 0.6) is 0 Å². The SMILES string of the molecule is CCC(CC)N(Cc1ccnc(NN)c1)CC(C)C. The Hall–Kier alpha value is -1.13. The number of hydrogen-bond donors (Lipinski definition) is 2. The maximum Gasteiger partial charge on any atom is 0.140 e. The normalized spacial score (nSPS) is 11.6. The van der Waals surface area contributed by atoms with E-state index in [0.29, 0.717) is 12.0 Å². The van der Waals surface area contributed by atoms with Gasteiger partial charge < -0.3 is 5.43 Å². The largest absolute Gasteiger partial charge is 0.308 e. The molecular weight excluding hydrogens is 236 g/mol. The Morgan fingerprint density at radius 2 is 2.00 bits per heavy atom. The molecule has 0 unspecified atom stereocenters. The summed E-state index contributed by atoms with van der Waals surface area (Å²) in [5.74, 6) is 6.82. The van der Waals surface area contributed by atoms with Gasteiger partial charge in [0.05, 0.1) is 0 Å². The maximum atomic E-state index is 5.42. The summed E-state index contributed by atoms with van der Waals surface area (Å²) in [5.41, 5.74) is 3.87. The summed E-state index contributed by atoms with van der Waals surface area (Å²) in [4.78, 5) is 6.73. The van der Waals surface area contributed by atoms with E-state index < -0.39 is 0 Å². The smallest absolute Gasteiger partial charge is 0.140 e. The van der Waals surface area contributed by atoms with Gasteiger partial charge in [-0.15, -0.1) is 0 Å². The first-order valence-electron chi connectivity index (χ1n) is 7.26. The highest BCUT2D eigenvalue weighted by Gasteiger charge is 2.16. The molecule has 1 aromatic heterocycles. The van der Waals surface area contributed by atoms with E-state index in [2.05, 4.69) is 49.1 Å². The lowest BCUT2D eigenvalue weighted by Crippen LogP contribution is -2.36. The van der Waals surface area contributed by atoms with Gasteiger partial charge >= 0.3 is 0 Å². The van der Waals surface area contributed by atoms with Crippen molar-refractivity contribution < 1.29 is 0 Å². The zero-order valence-corrected chi connectivity index (χ0v) is 12.7. The van der Waals surface area contributed by atoms with Crippen LogP contribution < -0.4 is 11.3 Å². The Morgan fingerprint density at radius 1 is 1.32 bits per heavy atom. The Bertz CT molecular complexity index is 361. The van der Waals surface area contributed by atoms with Gasteiger partial charge in [0.15, 0.2) is 0 Å². The molecule has 1 rings (SSSR count). The van der Waals surface area contributed by atoms with Gasteiger partial charge in [-0.1, -0.05) is 27.7 Å². The highest BCUT2D eigenvalue weighted by Crippen LogP contribution is 2.16. The molecule has 0 aliphatic carbocycles. The van der Waals surface area contributed by atoms with E-state index in [1.807, 2.05) is 12.3 Å². The predicted octanol–water partition coefficient (Wildman–Crippen LogP) is 3.01. The number of anilines is 1. The summed E-state index contributed by atoms with van der Waals surface area (Å²) in [7, 11) is 0. The van der Waals surface area contributed by atoms with Crippen LogP contribution in [-0.2, 0) is 6.54 Å². The van der Waals surface area contributed by atoms with E-state index in [9.17, 15) is 0 Å². The molecule has 4 heteroatoms. The third-order valence-corrected chi connectivity index (χ3v) is 3.42. The summed E-state index contributed by atoms with van der Waals surface area (Å²) in [6.07, 6.45) is 4.19. The number of nitrogens with zero attached hydrogens (tertiary/aromatic N) is 2. The molecule has 19 heavy (non-hydrogen) atoms. The molecule has 0 aliphatic heterocycles. The average Bonchev–Trinajstić information content (AvgIpc) is 2.39. The Labute approximate surface area is 117 Å². The van der Waals surface area contributed by atoms with Crippen molar-refractivity contribution in [1.82, 2.24) is 9.88 Å². The van der Waals surface area contributed by atoms with Crippen LogP contribution in [0.1, 0.15) is 46.1 Å². The second kappa shape index (κ2) is 8.12. The van der Waals surface area contributed by atoms with Crippen molar-refractivity contribution in [2.75, 3.05) is 12.0 Å². The van der Waals surface area contributed by atoms with E-state index >= 15 is 0 Å². The molecule has 0 radical (unpaired) electrons. The molecule has 0 amide bonds. The van der Waals surface area contributed by atoms with Crippen molar-refractivity contribution in [2.45, 2.75) is 53.1 Å². The lowest BCUT2D eigenvalue weighted by atomic mass is 10.1. The first-order valence-corrected chi connectivity index (χ1v) is 7.26. The van der Waals surface area contributed by atoms with Gasteiger partial charge in [-0.3, -0.25) is 4.90 Å². The van der Waals surface area contributed by atoms with Crippen LogP contribution in [-0.4, -0.2) is 22.5 Å². The molecule has 0 atom stereocenters. The third kappa shape index (κ3) is 5.17. The molecule has 1 aromatic rings. The minimum absolute atomic E-state index is 0.643. The van der Waals surface area contributed by atoms with Crippen LogP contribution in [0, 0.1) is 5.92 Å². The third-order valence-electron chi connectivity index (χ3n) is 3.42. The van der Waals surface area contributed by atoms with Crippen LogP contribution in [0.4, 0.5) is 5.82 Å². The molecule has 3 N–H and O–H groups in total. The number of hydrazine groups is 1. The predicted molar refractivity (Wildman–Crippen MR) is 81.7 cm³/mol. The summed E-state index contributed by atoms with van der Waals surface area (Å²) in [6.45, 7) is 11.2. The van der Waals surface area contributed by atoms with E-state index in [4.69, 9.17) is 5.84 Å². The van der Waals surface area contributed by atoms with Crippen molar-refractivity contribution in [1.29, 1.82) is 0 Å². The quantitative estimate of drug-likeness (QED) is 0.560. The topological polar surface area (TPSA) is 54.2 Å². The number of aromatic nitrogens is 1. The molecule has 0 aliphatic rings. The monoisotopic (exact) mass is 264 g/mol. The maximum absolute atomic E-state index is 5.42. The molecule has 0 aromatic carbocycles. The number of rotatable bonds is 8. The number of nitrogens with one attached hydrogen (secondary N) is 1. The highest BCUT2D eigenvalue weighted by molar-refractivity contribution is 5.35.